The van der Waals surface area contributed by atoms with E-state index >= 15 is 0 Å². The summed E-state index contributed by atoms with van der Waals surface area (Å²) in [5, 5.41) is 8.58. The Labute approximate surface area is 296 Å². The Bertz CT molecular complexity index is 3100. The van der Waals surface area contributed by atoms with Gasteiger partial charge in [0.25, 0.3) is 0 Å². The van der Waals surface area contributed by atoms with E-state index in [1.54, 1.807) is 0 Å². The minimum absolute atomic E-state index is 0.575. The lowest BCUT2D eigenvalue weighted by Gasteiger charge is -2.10. The number of aromatic nitrogens is 4. The third kappa shape index (κ3) is 4.58. The second kappa shape index (κ2) is 11.2. The van der Waals surface area contributed by atoms with Crippen LogP contribution >= 0.6 is 0 Å². The molecule has 3 heterocycles. The maximum absolute atomic E-state index is 6.43. The van der Waals surface area contributed by atoms with Crippen LogP contribution in [0, 0.1) is 0 Å². The zero-order chi connectivity index (χ0) is 34.2. The van der Waals surface area contributed by atoms with E-state index in [0.717, 1.165) is 71.3 Å². The first-order valence-electron chi connectivity index (χ1n) is 17.2. The van der Waals surface area contributed by atoms with Crippen molar-refractivity contribution in [2.75, 3.05) is 0 Å². The lowest BCUT2D eigenvalue weighted by Crippen LogP contribution is -2.00. The van der Waals surface area contributed by atoms with Crippen LogP contribution in [-0.2, 0) is 0 Å². The second-order valence-corrected chi connectivity index (χ2v) is 13.1. The Morgan fingerprint density at radius 1 is 0.327 bits per heavy atom. The van der Waals surface area contributed by atoms with Crippen molar-refractivity contribution < 1.29 is 8.83 Å². The second-order valence-electron chi connectivity index (χ2n) is 13.1. The van der Waals surface area contributed by atoms with E-state index < -0.39 is 0 Å². The summed E-state index contributed by atoms with van der Waals surface area (Å²) in [7, 11) is 0. The summed E-state index contributed by atoms with van der Waals surface area (Å²) >= 11 is 0. The summed E-state index contributed by atoms with van der Waals surface area (Å²) in [4.78, 5) is 20.3. The molecule has 0 saturated heterocycles. The van der Waals surface area contributed by atoms with Gasteiger partial charge in [-0.15, -0.1) is 0 Å². The summed E-state index contributed by atoms with van der Waals surface area (Å²) in [5.74, 6) is 2.39. The summed E-state index contributed by atoms with van der Waals surface area (Å²) in [6.07, 6.45) is 0. The van der Waals surface area contributed by atoms with Gasteiger partial charge in [0.2, 0.25) is 5.89 Å². The van der Waals surface area contributed by atoms with Gasteiger partial charge in [0, 0.05) is 27.6 Å². The van der Waals surface area contributed by atoms with Crippen molar-refractivity contribution in [2.45, 2.75) is 0 Å². The van der Waals surface area contributed by atoms with Crippen molar-refractivity contribution in [3.63, 3.8) is 0 Å². The first kappa shape index (κ1) is 28.6. The van der Waals surface area contributed by atoms with Gasteiger partial charge in [0.15, 0.2) is 23.1 Å². The number of fused-ring (bicyclic) bond motifs is 9. The number of benzene rings is 8. The smallest absolute Gasteiger partial charge is 0.227 e. The van der Waals surface area contributed by atoms with Crippen molar-refractivity contribution in [3.8, 4) is 45.6 Å². The Kier molecular flexibility index (Phi) is 6.15. The van der Waals surface area contributed by atoms with Gasteiger partial charge in [-0.05, 0) is 80.8 Å². The van der Waals surface area contributed by atoms with Crippen LogP contribution in [0.15, 0.2) is 167 Å². The Morgan fingerprint density at radius 2 is 0.827 bits per heavy atom. The minimum atomic E-state index is 0.575. The first-order valence-corrected chi connectivity index (χ1v) is 17.2. The highest BCUT2D eigenvalue weighted by Gasteiger charge is 2.20. The molecule has 0 unspecified atom stereocenters. The van der Waals surface area contributed by atoms with E-state index in [1.165, 1.54) is 10.8 Å². The molecule has 52 heavy (non-hydrogen) atoms. The average Bonchev–Trinajstić information content (AvgIpc) is 3.83. The molecule has 6 nitrogen and oxygen atoms in total. The summed E-state index contributed by atoms with van der Waals surface area (Å²) in [5.41, 5.74) is 6.66. The van der Waals surface area contributed by atoms with Gasteiger partial charge in [-0.1, -0.05) is 109 Å². The maximum Gasteiger partial charge on any atom is 0.227 e. The predicted molar refractivity (Wildman–Crippen MR) is 209 cm³/mol. The minimum Gasteiger partial charge on any atom is -0.456 e. The standard InChI is InChI=1S/C46H26N4O2/c1-2-10-30(11-3-1)46-47-42-39(52-46)23-22-38-41(42)40-36-26-35(19-16-29(36)20-21-37(40)51-38)45-49-43(33-17-14-27-8-4-6-12-31(27)24-33)48-44(50-45)34-18-15-28-9-5-7-13-32(28)25-34/h1-26H. The van der Waals surface area contributed by atoms with Gasteiger partial charge in [-0.25, -0.2) is 19.9 Å². The van der Waals surface area contributed by atoms with Crippen molar-refractivity contribution in [1.82, 2.24) is 19.9 Å². The van der Waals surface area contributed by atoms with Crippen LogP contribution in [0.1, 0.15) is 0 Å². The van der Waals surface area contributed by atoms with Crippen molar-refractivity contribution in [3.05, 3.63) is 158 Å². The van der Waals surface area contributed by atoms with Crippen molar-refractivity contribution in [1.29, 1.82) is 0 Å². The van der Waals surface area contributed by atoms with Gasteiger partial charge in [0.05, 0.1) is 5.39 Å². The highest BCUT2D eigenvalue weighted by molar-refractivity contribution is 6.25. The molecule has 0 N–H and O–H groups in total. The molecule has 11 rings (SSSR count). The molecular weight excluding hydrogens is 641 g/mol. The highest BCUT2D eigenvalue weighted by atomic mass is 16.4. The molecule has 6 heteroatoms. The largest absolute Gasteiger partial charge is 0.456 e. The maximum atomic E-state index is 6.43. The summed E-state index contributed by atoms with van der Waals surface area (Å²) in [6.45, 7) is 0. The molecule has 8 aromatic carbocycles. The van der Waals surface area contributed by atoms with Crippen LogP contribution in [0.25, 0.3) is 111 Å². The molecular formula is C46H26N4O2. The number of hydrogen-bond acceptors (Lipinski definition) is 6. The van der Waals surface area contributed by atoms with Crippen LogP contribution in [0.4, 0.5) is 0 Å². The molecule has 0 radical (unpaired) electrons. The molecule has 0 aliphatic carbocycles. The van der Waals surface area contributed by atoms with Crippen LogP contribution in [0.3, 0.4) is 0 Å². The molecule has 0 saturated carbocycles. The third-order valence-corrected chi connectivity index (χ3v) is 9.91. The highest BCUT2D eigenvalue weighted by Crippen LogP contribution is 2.41. The predicted octanol–water partition coefficient (Wildman–Crippen LogP) is 12.0. The van der Waals surface area contributed by atoms with Crippen LogP contribution in [-0.4, -0.2) is 19.9 Å². The summed E-state index contributed by atoms with van der Waals surface area (Å²) in [6, 6.07) is 53.7. The molecule has 11 aromatic rings. The zero-order valence-electron chi connectivity index (χ0n) is 27.6. The molecule has 0 bridgehead atoms. The molecule has 0 amide bonds. The lowest BCUT2D eigenvalue weighted by molar-refractivity contribution is 0.619. The molecule has 0 spiro atoms. The number of furan rings is 1. The van der Waals surface area contributed by atoms with Crippen molar-refractivity contribution in [2.24, 2.45) is 0 Å². The van der Waals surface area contributed by atoms with Gasteiger partial charge in [0.1, 0.15) is 16.7 Å². The van der Waals surface area contributed by atoms with E-state index in [0.29, 0.717) is 28.9 Å². The van der Waals surface area contributed by atoms with Crippen LogP contribution < -0.4 is 0 Å². The quantitative estimate of drug-likeness (QED) is 0.186. The fraction of sp³-hybridized carbons (Fsp3) is 0. The zero-order valence-corrected chi connectivity index (χ0v) is 27.6. The normalized spacial score (nSPS) is 11.8. The molecule has 0 atom stereocenters. The monoisotopic (exact) mass is 666 g/mol. The van der Waals surface area contributed by atoms with E-state index in [2.05, 4.69) is 109 Å². The number of hydrogen-bond donors (Lipinski definition) is 0. The molecule has 3 aromatic heterocycles. The van der Waals surface area contributed by atoms with Gasteiger partial charge < -0.3 is 8.83 Å². The lowest BCUT2D eigenvalue weighted by atomic mass is 10.0. The molecule has 242 valence electrons. The first-order chi connectivity index (χ1) is 25.7. The van der Waals surface area contributed by atoms with E-state index in [-0.39, 0.29) is 0 Å². The van der Waals surface area contributed by atoms with E-state index in [4.69, 9.17) is 28.8 Å². The van der Waals surface area contributed by atoms with E-state index in [9.17, 15) is 0 Å². The molecule has 0 fully saturated rings. The third-order valence-electron chi connectivity index (χ3n) is 9.91. The SMILES string of the molecule is c1ccc(-c2nc3c(ccc4oc5ccc6ccc(-c7nc(-c8ccc9ccccc9c8)nc(-c8ccc9ccccc9c8)n7)cc6c5c43)o2)cc1. The molecule has 0 aliphatic heterocycles. The van der Waals surface area contributed by atoms with Gasteiger partial charge in [-0.2, -0.15) is 0 Å². The van der Waals surface area contributed by atoms with Crippen molar-refractivity contribution >= 4 is 65.4 Å². The average molecular weight is 667 g/mol. The Morgan fingerprint density at radius 3 is 1.48 bits per heavy atom. The topological polar surface area (TPSA) is 77.8 Å². The van der Waals surface area contributed by atoms with Crippen LogP contribution in [0.2, 0.25) is 0 Å². The van der Waals surface area contributed by atoms with Gasteiger partial charge >= 0.3 is 0 Å². The number of nitrogens with zero attached hydrogens (tertiary/aromatic N) is 4. The summed E-state index contributed by atoms with van der Waals surface area (Å²) < 4.78 is 12.7. The van der Waals surface area contributed by atoms with Gasteiger partial charge in [-0.3, -0.25) is 0 Å². The number of oxazole rings is 1. The molecule has 0 aliphatic rings. The fourth-order valence-electron chi connectivity index (χ4n) is 7.33. The fourth-order valence-corrected chi connectivity index (χ4v) is 7.33. The number of rotatable bonds is 4. The Balaban J connectivity index is 1.14. The Hall–Kier alpha value is -7.18. The van der Waals surface area contributed by atoms with E-state index in [1.807, 2.05) is 48.5 Å². The van der Waals surface area contributed by atoms with Crippen LogP contribution in [0.5, 0.6) is 0 Å².